The van der Waals surface area contributed by atoms with Gasteiger partial charge in [-0.05, 0) is 68.2 Å². The van der Waals surface area contributed by atoms with Gasteiger partial charge >= 0.3 is 0 Å². The maximum atomic E-state index is 6.06. The van der Waals surface area contributed by atoms with Crippen LogP contribution in [-0.2, 0) is 5.41 Å². The lowest BCUT2D eigenvalue weighted by Crippen LogP contribution is -2.17. The van der Waals surface area contributed by atoms with Gasteiger partial charge in [0.2, 0.25) is 0 Å². The Bertz CT molecular complexity index is 443. The maximum Gasteiger partial charge on any atom is 0.123 e. The molecule has 0 aromatic heterocycles. The van der Waals surface area contributed by atoms with Crippen molar-refractivity contribution in [2.24, 2.45) is 0 Å². The number of ether oxygens (including phenoxy) is 1. The summed E-state index contributed by atoms with van der Waals surface area (Å²) >= 11 is 0. The van der Waals surface area contributed by atoms with Crippen LogP contribution in [0.4, 0.5) is 0 Å². The Labute approximate surface area is 130 Å². The summed E-state index contributed by atoms with van der Waals surface area (Å²) in [6.07, 6.45) is 6.41. The molecule has 0 amide bonds. The second-order valence-corrected chi connectivity index (χ2v) is 7.39. The maximum absolute atomic E-state index is 6.06. The van der Waals surface area contributed by atoms with E-state index in [0.29, 0.717) is 0 Å². The summed E-state index contributed by atoms with van der Waals surface area (Å²) in [6, 6.07) is 7.40. The van der Waals surface area contributed by atoms with E-state index in [1.54, 1.807) is 0 Å². The molecule has 0 aliphatic heterocycles. The van der Waals surface area contributed by atoms with Crippen LogP contribution in [0.2, 0.25) is 0 Å². The lowest BCUT2D eigenvalue weighted by atomic mass is 9.86. The van der Waals surface area contributed by atoms with Crippen molar-refractivity contribution in [3.63, 3.8) is 0 Å². The van der Waals surface area contributed by atoms with Crippen LogP contribution >= 0.6 is 0 Å². The molecule has 2 rings (SSSR count). The third-order valence-corrected chi connectivity index (χ3v) is 4.03. The molecule has 0 heterocycles. The van der Waals surface area contributed by atoms with Gasteiger partial charge in [-0.3, -0.25) is 0 Å². The molecule has 0 radical (unpaired) electrons. The average molecular weight is 289 g/mol. The van der Waals surface area contributed by atoms with E-state index in [1.807, 2.05) is 0 Å². The van der Waals surface area contributed by atoms with Gasteiger partial charge in [0.15, 0.2) is 0 Å². The van der Waals surface area contributed by atoms with Crippen molar-refractivity contribution < 1.29 is 4.74 Å². The summed E-state index contributed by atoms with van der Waals surface area (Å²) in [6.45, 7) is 10.9. The number of nitrogens with one attached hydrogen (secondary N) is 1. The fourth-order valence-corrected chi connectivity index (χ4v) is 2.55. The van der Waals surface area contributed by atoms with Crippen molar-refractivity contribution in [3.8, 4) is 5.75 Å². The van der Waals surface area contributed by atoms with Gasteiger partial charge < -0.3 is 10.1 Å². The van der Waals surface area contributed by atoms with E-state index in [0.717, 1.165) is 24.8 Å². The van der Waals surface area contributed by atoms with Crippen molar-refractivity contribution in [1.82, 2.24) is 5.32 Å². The number of hydrogen-bond donors (Lipinski definition) is 1. The molecular formula is C19H31NO. The first-order valence-electron chi connectivity index (χ1n) is 8.44. The quantitative estimate of drug-likeness (QED) is 0.707. The molecule has 0 spiro atoms. The van der Waals surface area contributed by atoms with Crippen LogP contribution in [0.15, 0.2) is 18.2 Å². The Morgan fingerprint density at radius 2 is 1.90 bits per heavy atom. The van der Waals surface area contributed by atoms with E-state index in [4.69, 9.17) is 4.74 Å². The van der Waals surface area contributed by atoms with Crippen LogP contribution in [0, 0.1) is 6.92 Å². The summed E-state index contributed by atoms with van der Waals surface area (Å²) in [5.41, 5.74) is 2.71. The van der Waals surface area contributed by atoms with Gasteiger partial charge in [0.05, 0.1) is 6.61 Å². The second-order valence-electron chi connectivity index (χ2n) is 7.39. The highest BCUT2D eigenvalue weighted by molar-refractivity contribution is 5.41. The van der Waals surface area contributed by atoms with Crippen molar-refractivity contribution in [1.29, 1.82) is 0 Å². The third-order valence-electron chi connectivity index (χ3n) is 4.03. The molecule has 0 saturated heterocycles. The molecule has 0 bridgehead atoms. The minimum Gasteiger partial charge on any atom is -0.493 e. The lowest BCUT2D eigenvalue weighted by Gasteiger charge is -2.23. The zero-order chi connectivity index (χ0) is 15.3. The third kappa shape index (κ3) is 5.70. The Kier molecular flexibility index (Phi) is 5.69. The van der Waals surface area contributed by atoms with Gasteiger partial charge in [-0.1, -0.05) is 32.9 Å². The number of unbranched alkanes of at least 4 members (excludes halogenated alkanes) is 2. The van der Waals surface area contributed by atoms with Crippen molar-refractivity contribution >= 4 is 0 Å². The van der Waals surface area contributed by atoms with Crippen LogP contribution in [0.3, 0.4) is 0 Å². The topological polar surface area (TPSA) is 21.3 Å². The highest BCUT2D eigenvalue weighted by atomic mass is 16.5. The Morgan fingerprint density at radius 3 is 2.57 bits per heavy atom. The van der Waals surface area contributed by atoms with Crippen molar-refractivity contribution in [3.05, 3.63) is 29.3 Å². The van der Waals surface area contributed by atoms with E-state index in [-0.39, 0.29) is 5.41 Å². The Balaban J connectivity index is 1.72. The normalized spacial score (nSPS) is 15.2. The van der Waals surface area contributed by atoms with Crippen LogP contribution in [-0.4, -0.2) is 19.2 Å². The van der Waals surface area contributed by atoms with Crippen LogP contribution in [0.1, 0.15) is 64.0 Å². The smallest absolute Gasteiger partial charge is 0.123 e. The molecule has 1 aliphatic rings. The molecule has 1 saturated carbocycles. The molecule has 0 unspecified atom stereocenters. The predicted molar refractivity (Wildman–Crippen MR) is 90.2 cm³/mol. The van der Waals surface area contributed by atoms with Crippen LogP contribution in [0.5, 0.6) is 5.75 Å². The first-order valence-corrected chi connectivity index (χ1v) is 8.44. The molecule has 0 atom stereocenters. The van der Waals surface area contributed by atoms with Crippen molar-refractivity contribution in [2.45, 2.75) is 71.3 Å². The number of aryl methyl sites for hydroxylation is 1. The zero-order valence-corrected chi connectivity index (χ0v) is 14.2. The average Bonchev–Trinajstić information content (AvgIpc) is 3.20. The van der Waals surface area contributed by atoms with Crippen LogP contribution < -0.4 is 10.1 Å². The minimum absolute atomic E-state index is 0.136. The summed E-state index contributed by atoms with van der Waals surface area (Å²) < 4.78 is 6.06. The van der Waals surface area contributed by atoms with E-state index < -0.39 is 0 Å². The molecule has 118 valence electrons. The van der Waals surface area contributed by atoms with Gasteiger partial charge in [0.1, 0.15) is 5.75 Å². The van der Waals surface area contributed by atoms with Gasteiger partial charge in [0, 0.05) is 6.04 Å². The minimum atomic E-state index is 0.136. The van der Waals surface area contributed by atoms with E-state index >= 15 is 0 Å². The predicted octanol–water partition coefficient (Wildman–Crippen LogP) is 4.59. The lowest BCUT2D eigenvalue weighted by molar-refractivity contribution is 0.297. The largest absolute Gasteiger partial charge is 0.493 e. The molecule has 2 nitrogen and oxygen atoms in total. The molecule has 1 aromatic carbocycles. The van der Waals surface area contributed by atoms with E-state index in [1.165, 1.54) is 43.4 Å². The Hall–Kier alpha value is -1.02. The van der Waals surface area contributed by atoms with E-state index in [2.05, 4.69) is 51.2 Å². The van der Waals surface area contributed by atoms with E-state index in [9.17, 15) is 0 Å². The highest BCUT2D eigenvalue weighted by Gasteiger charge is 2.20. The summed E-state index contributed by atoms with van der Waals surface area (Å²) in [5, 5.41) is 3.56. The monoisotopic (exact) mass is 289 g/mol. The van der Waals surface area contributed by atoms with Crippen LogP contribution in [0.25, 0.3) is 0 Å². The molecular weight excluding hydrogens is 258 g/mol. The number of benzene rings is 1. The fourth-order valence-electron chi connectivity index (χ4n) is 2.55. The van der Waals surface area contributed by atoms with Gasteiger partial charge in [-0.15, -0.1) is 0 Å². The fraction of sp³-hybridized carbons (Fsp3) is 0.684. The summed E-state index contributed by atoms with van der Waals surface area (Å²) in [4.78, 5) is 0. The first kappa shape index (κ1) is 16.4. The second kappa shape index (κ2) is 7.31. The number of rotatable bonds is 8. The Morgan fingerprint density at radius 1 is 1.14 bits per heavy atom. The molecule has 1 fully saturated rings. The standard InChI is InChI=1S/C19H31NO/c1-15-8-11-17(19(2,3)4)18(14-15)21-13-7-5-6-12-20-16-9-10-16/h8,11,14,16,20H,5-7,9-10,12-13H2,1-4H3. The molecule has 1 aromatic rings. The summed E-state index contributed by atoms with van der Waals surface area (Å²) in [7, 11) is 0. The van der Waals surface area contributed by atoms with Gasteiger partial charge in [0.25, 0.3) is 0 Å². The molecule has 2 heteroatoms. The zero-order valence-electron chi connectivity index (χ0n) is 14.2. The van der Waals surface area contributed by atoms with Gasteiger partial charge in [-0.25, -0.2) is 0 Å². The molecule has 1 aliphatic carbocycles. The summed E-state index contributed by atoms with van der Waals surface area (Å²) in [5.74, 6) is 1.07. The van der Waals surface area contributed by atoms with Gasteiger partial charge in [-0.2, -0.15) is 0 Å². The van der Waals surface area contributed by atoms with Crippen molar-refractivity contribution in [2.75, 3.05) is 13.2 Å². The molecule has 1 N–H and O–H groups in total. The number of hydrogen-bond acceptors (Lipinski definition) is 2. The molecule has 21 heavy (non-hydrogen) atoms. The SMILES string of the molecule is Cc1ccc(C(C)(C)C)c(OCCCCCNC2CC2)c1. The highest BCUT2D eigenvalue weighted by Crippen LogP contribution is 2.32. The first-order chi connectivity index (χ1) is 9.97.